The van der Waals surface area contributed by atoms with E-state index in [4.69, 9.17) is 23.2 Å². The average Bonchev–Trinajstić information content (AvgIpc) is 2.84. The Kier molecular flexibility index (Phi) is 5.03. The molecule has 1 aliphatic heterocycles. The first kappa shape index (κ1) is 18.4. The van der Waals surface area contributed by atoms with E-state index in [1.165, 1.54) is 6.07 Å². The first-order chi connectivity index (χ1) is 12.3. The van der Waals surface area contributed by atoms with Crippen LogP contribution in [-0.4, -0.2) is 28.7 Å². The van der Waals surface area contributed by atoms with Gasteiger partial charge in [-0.05, 0) is 36.2 Å². The molecule has 1 heterocycles. The minimum atomic E-state index is -0.947. The summed E-state index contributed by atoms with van der Waals surface area (Å²) < 4.78 is 0. The Balaban J connectivity index is 1.90. The largest absolute Gasteiger partial charge is 0.324 e. The molecule has 1 atom stereocenters. The highest BCUT2D eigenvalue weighted by atomic mass is 35.5. The second kappa shape index (κ2) is 7.09. The number of carbonyl (C=O) groups excluding carboxylic acids is 3. The van der Waals surface area contributed by atoms with Crippen molar-refractivity contribution < 1.29 is 14.4 Å². The van der Waals surface area contributed by atoms with Gasteiger partial charge in [-0.1, -0.05) is 49.2 Å². The summed E-state index contributed by atoms with van der Waals surface area (Å²) >= 11 is 11.9. The van der Waals surface area contributed by atoms with Crippen LogP contribution in [0.2, 0.25) is 10.0 Å². The van der Waals surface area contributed by atoms with Crippen molar-refractivity contribution in [3.8, 4) is 0 Å². The van der Waals surface area contributed by atoms with Crippen molar-refractivity contribution in [1.82, 2.24) is 4.90 Å². The van der Waals surface area contributed by atoms with E-state index in [1.54, 1.807) is 50.2 Å². The minimum absolute atomic E-state index is 0.278. The first-order valence-electron chi connectivity index (χ1n) is 8.04. The number of halogens is 2. The molecular weight excluding hydrogens is 375 g/mol. The third-order valence-corrected chi connectivity index (χ3v) is 4.93. The SMILES string of the molecule is CC(C)C(C(=O)Nc1ccc(Cl)c(Cl)c1)N1C(=O)c2ccccc2C1=O. The van der Waals surface area contributed by atoms with Gasteiger partial charge in [0.1, 0.15) is 6.04 Å². The fourth-order valence-corrected chi connectivity index (χ4v) is 3.27. The Morgan fingerprint density at radius 2 is 1.54 bits per heavy atom. The highest BCUT2D eigenvalue weighted by Crippen LogP contribution is 2.29. The summed E-state index contributed by atoms with van der Waals surface area (Å²) in [6.07, 6.45) is 0. The Labute approximate surface area is 160 Å². The lowest BCUT2D eigenvalue weighted by molar-refractivity contribution is -0.121. The molecule has 3 amide bonds. The molecule has 2 aromatic carbocycles. The number of amides is 3. The van der Waals surface area contributed by atoms with Crippen molar-refractivity contribution >= 4 is 46.6 Å². The molecule has 5 nitrogen and oxygen atoms in total. The molecule has 1 aliphatic rings. The van der Waals surface area contributed by atoms with Gasteiger partial charge >= 0.3 is 0 Å². The van der Waals surface area contributed by atoms with E-state index in [2.05, 4.69) is 5.32 Å². The van der Waals surface area contributed by atoms with Crippen LogP contribution in [0.4, 0.5) is 5.69 Å². The predicted octanol–water partition coefficient (Wildman–Crippen LogP) is 4.25. The third kappa shape index (κ3) is 3.20. The number of nitrogens with zero attached hydrogens (tertiary/aromatic N) is 1. The predicted molar refractivity (Wildman–Crippen MR) is 101 cm³/mol. The van der Waals surface area contributed by atoms with Crippen LogP contribution < -0.4 is 5.32 Å². The fraction of sp³-hybridized carbons (Fsp3) is 0.211. The highest BCUT2D eigenvalue weighted by molar-refractivity contribution is 6.42. The fourth-order valence-electron chi connectivity index (χ4n) is 2.97. The Hall–Kier alpha value is -2.37. The van der Waals surface area contributed by atoms with Gasteiger partial charge in [0, 0.05) is 5.69 Å². The maximum absolute atomic E-state index is 12.8. The maximum Gasteiger partial charge on any atom is 0.262 e. The van der Waals surface area contributed by atoms with E-state index in [0.717, 1.165) is 4.90 Å². The maximum atomic E-state index is 12.8. The number of benzene rings is 2. The van der Waals surface area contributed by atoms with E-state index in [9.17, 15) is 14.4 Å². The van der Waals surface area contributed by atoms with Crippen molar-refractivity contribution in [3.05, 3.63) is 63.6 Å². The van der Waals surface area contributed by atoms with Crippen molar-refractivity contribution in [2.24, 2.45) is 5.92 Å². The number of nitrogens with one attached hydrogen (secondary N) is 1. The lowest BCUT2D eigenvalue weighted by Gasteiger charge is -2.28. The molecule has 1 unspecified atom stereocenters. The van der Waals surface area contributed by atoms with Crippen molar-refractivity contribution in [2.45, 2.75) is 19.9 Å². The molecule has 26 heavy (non-hydrogen) atoms. The summed E-state index contributed by atoms with van der Waals surface area (Å²) in [5.41, 5.74) is 1.06. The van der Waals surface area contributed by atoms with Crippen LogP contribution in [0.1, 0.15) is 34.6 Å². The van der Waals surface area contributed by atoms with Gasteiger partial charge in [0.25, 0.3) is 11.8 Å². The minimum Gasteiger partial charge on any atom is -0.324 e. The molecule has 0 bridgehead atoms. The molecule has 0 aliphatic carbocycles. The summed E-state index contributed by atoms with van der Waals surface area (Å²) in [6.45, 7) is 3.56. The quantitative estimate of drug-likeness (QED) is 0.793. The molecule has 0 radical (unpaired) electrons. The van der Waals surface area contributed by atoms with Gasteiger partial charge < -0.3 is 5.32 Å². The Bertz CT molecular complexity index is 876. The lowest BCUT2D eigenvalue weighted by Crippen LogP contribution is -2.50. The van der Waals surface area contributed by atoms with Crippen LogP contribution in [0.15, 0.2) is 42.5 Å². The number of imide groups is 1. The number of hydrogen-bond acceptors (Lipinski definition) is 3. The Morgan fingerprint density at radius 3 is 2.04 bits per heavy atom. The van der Waals surface area contributed by atoms with Gasteiger partial charge in [-0.15, -0.1) is 0 Å². The number of hydrogen-bond donors (Lipinski definition) is 1. The summed E-state index contributed by atoms with van der Waals surface area (Å²) in [5, 5.41) is 3.37. The standard InChI is InChI=1S/C19H16Cl2N2O3/c1-10(2)16(17(24)22-11-7-8-14(20)15(21)9-11)23-18(25)12-5-3-4-6-13(12)19(23)26/h3-10,16H,1-2H3,(H,22,24). The average molecular weight is 391 g/mol. The summed E-state index contributed by atoms with van der Waals surface area (Å²) in [7, 11) is 0. The van der Waals surface area contributed by atoms with Gasteiger partial charge in [0.2, 0.25) is 5.91 Å². The monoisotopic (exact) mass is 390 g/mol. The van der Waals surface area contributed by atoms with E-state index >= 15 is 0 Å². The van der Waals surface area contributed by atoms with Crippen LogP contribution in [0.25, 0.3) is 0 Å². The molecule has 3 rings (SSSR count). The van der Waals surface area contributed by atoms with Gasteiger partial charge in [-0.3, -0.25) is 19.3 Å². The van der Waals surface area contributed by atoms with E-state index in [-0.39, 0.29) is 5.92 Å². The van der Waals surface area contributed by atoms with Crippen LogP contribution >= 0.6 is 23.2 Å². The highest BCUT2D eigenvalue weighted by Gasteiger charge is 2.43. The normalized spacial score (nSPS) is 14.6. The smallest absolute Gasteiger partial charge is 0.262 e. The zero-order chi connectivity index (χ0) is 19.0. The van der Waals surface area contributed by atoms with Gasteiger partial charge in [-0.25, -0.2) is 0 Å². The van der Waals surface area contributed by atoms with E-state index in [1.807, 2.05) is 0 Å². The van der Waals surface area contributed by atoms with Gasteiger partial charge in [-0.2, -0.15) is 0 Å². The van der Waals surface area contributed by atoms with Crippen molar-refractivity contribution in [3.63, 3.8) is 0 Å². The summed E-state index contributed by atoms with van der Waals surface area (Å²) in [5.74, 6) is -1.67. The second-order valence-electron chi connectivity index (χ2n) is 6.33. The zero-order valence-corrected chi connectivity index (χ0v) is 15.6. The van der Waals surface area contributed by atoms with Crippen LogP contribution in [-0.2, 0) is 4.79 Å². The topological polar surface area (TPSA) is 66.5 Å². The molecule has 7 heteroatoms. The summed E-state index contributed by atoms with van der Waals surface area (Å²) in [6, 6.07) is 10.3. The van der Waals surface area contributed by atoms with Crippen molar-refractivity contribution in [1.29, 1.82) is 0 Å². The van der Waals surface area contributed by atoms with E-state index in [0.29, 0.717) is 26.9 Å². The molecule has 0 saturated carbocycles. The molecule has 0 saturated heterocycles. The molecule has 1 N–H and O–H groups in total. The van der Waals surface area contributed by atoms with Crippen LogP contribution in [0.5, 0.6) is 0 Å². The molecule has 2 aromatic rings. The first-order valence-corrected chi connectivity index (χ1v) is 8.79. The number of fused-ring (bicyclic) bond motifs is 1. The van der Waals surface area contributed by atoms with Crippen LogP contribution in [0, 0.1) is 5.92 Å². The van der Waals surface area contributed by atoms with Gasteiger partial charge in [0.15, 0.2) is 0 Å². The second-order valence-corrected chi connectivity index (χ2v) is 7.15. The lowest BCUT2D eigenvalue weighted by atomic mass is 10.0. The number of rotatable bonds is 4. The number of anilines is 1. The zero-order valence-electron chi connectivity index (χ0n) is 14.1. The van der Waals surface area contributed by atoms with Crippen molar-refractivity contribution in [2.75, 3.05) is 5.32 Å². The molecule has 134 valence electrons. The van der Waals surface area contributed by atoms with Crippen LogP contribution in [0.3, 0.4) is 0 Å². The molecule has 0 aromatic heterocycles. The third-order valence-electron chi connectivity index (χ3n) is 4.19. The Morgan fingerprint density at radius 1 is 0.962 bits per heavy atom. The van der Waals surface area contributed by atoms with Gasteiger partial charge in [0.05, 0.1) is 21.2 Å². The molecule has 0 fully saturated rings. The number of carbonyl (C=O) groups is 3. The van der Waals surface area contributed by atoms with E-state index < -0.39 is 23.8 Å². The molecule has 0 spiro atoms. The summed E-state index contributed by atoms with van der Waals surface area (Å²) in [4.78, 5) is 39.3. The molecular formula is C19H16Cl2N2O3.